The molecule has 0 saturated heterocycles. The molecule has 9 atom stereocenters. The number of unbranched alkanes of at least 4 members (excludes halogenated alkanes) is 2. The Hall–Kier alpha value is -8.08. The molecule has 0 heterocycles. The van der Waals surface area contributed by atoms with Gasteiger partial charge in [0.1, 0.15) is 24.2 Å². The predicted octanol–water partition coefficient (Wildman–Crippen LogP) is -2.20. The van der Waals surface area contributed by atoms with Crippen LogP contribution in [0.5, 0.6) is 0 Å². The Balaban J connectivity index is 2.29. The fraction of sp³-hybridized carbons (Fsp3) is 0.556. The maximum atomic E-state index is 14.2. The number of carbonyl (C=O) groups excluding carboxylic acids is 8. The average molecular weight is 1160 g/mol. The van der Waals surface area contributed by atoms with Gasteiger partial charge in [-0.05, 0) is 82.5 Å². The number of nitrogens with one attached hydrogen (secondary N) is 8. The number of aliphatic carboxylic acids is 4. The molecule has 0 aliphatic rings. The summed E-state index contributed by atoms with van der Waals surface area (Å²) in [6.45, 7) is 1.11. The molecule has 2 aromatic carbocycles. The molecular weight excluding hydrogens is 1070 g/mol. The van der Waals surface area contributed by atoms with Crippen molar-refractivity contribution in [3.63, 3.8) is 0 Å². The molecule has 0 aliphatic carbocycles. The Morgan fingerprint density at radius 2 is 0.854 bits per heavy atom. The molecule has 0 fully saturated rings. The van der Waals surface area contributed by atoms with Crippen molar-refractivity contribution in [1.82, 2.24) is 42.5 Å². The van der Waals surface area contributed by atoms with Crippen LogP contribution in [-0.4, -0.2) is 171 Å². The Labute approximate surface area is 474 Å². The molecular formula is C54H81N11O17. The first-order valence-electron chi connectivity index (χ1n) is 27.0. The number of carbonyl (C=O) groups is 12. The van der Waals surface area contributed by atoms with E-state index in [9.17, 15) is 78.0 Å². The smallest absolute Gasteiger partial charge is 0.326 e. The highest BCUT2D eigenvalue weighted by atomic mass is 16.4. The molecule has 0 radical (unpaired) electrons. The van der Waals surface area contributed by atoms with Gasteiger partial charge in [-0.1, -0.05) is 67.1 Å². The van der Waals surface area contributed by atoms with Crippen LogP contribution in [0.4, 0.5) is 0 Å². The summed E-state index contributed by atoms with van der Waals surface area (Å²) in [4.78, 5) is 154. The van der Waals surface area contributed by atoms with Crippen LogP contribution >= 0.6 is 0 Å². The van der Waals surface area contributed by atoms with Crippen molar-refractivity contribution in [3.05, 3.63) is 71.8 Å². The molecule has 0 spiro atoms. The van der Waals surface area contributed by atoms with Gasteiger partial charge in [0.05, 0.1) is 19.1 Å². The Morgan fingerprint density at radius 3 is 1.37 bits per heavy atom. The molecule has 2 aromatic rings. The second kappa shape index (κ2) is 38.5. The third kappa shape index (κ3) is 29.9. The minimum absolute atomic E-state index is 0.107. The van der Waals surface area contributed by atoms with Gasteiger partial charge in [-0.2, -0.15) is 0 Å². The van der Waals surface area contributed by atoms with Gasteiger partial charge in [-0.3, -0.25) is 52.7 Å². The van der Waals surface area contributed by atoms with Crippen molar-refractivity contribution in [3.8, 4) is 0 Å². The van der Waals surface area contributed by atoms with Gasteiger partial charge in [-0.15, -0.1) is 0 Å². The van der Waals surface area contributed by atoms with Crippen molar-refractivity contribution in [2.24, 2.45) is 17.2 Å². The van der Waals surface area contributed by atoms with E-state index >= 15 is 0 Å². The van der Waals surface area contributed by atoms with Gasteiger partial charge in [0, 0.05) is 69.1 Å². The number of aliphatic hydroxyl groups excluding tert-OH is 1. The van der Waals surface area contributed by atoms with E-state index in [1.165, 1.54) is 6.92 Å². The Kier molecular flexibility index (Phi) is 32.9. The summed E-state index contributed by atoms with van der Waals surface area (Å²) in [7, 11) is 0. The van der Waals surface area contributed by atoms with E-state index in [2.05, 4.69) is 42.5 Å². The van der Waals surface area contributed by atoms with Crippen LogP contribution in [0.25, 0.3) is 0 Å². The van der Waals surface area contributed by atoms with E-state index in [1.807, 2.05) is 0 Å². The lowest BCUT2D eigenvalue weighted by molar-refractivity contribution is -0.142. The lowest BCUT2D eigenvalue weighted by atomic mass is 10.0. The summed E-state index contributed by atoms with van der Waals surface area (Å²) in [5, 5.41) is 68.2. The quantitative estimate of drug-likeness (QED) is 0.0314. The van der Waals surface area contributed by atoms with Crippen LogP contribution in [0.1, 0.15) is 114 Å². The topological polar surface area (TPSA) is 480 Å². The summed E-state index contributed by atoms with van der Waals surface area (Å²) in [5.74, 6) is -11.9. The molecule has 0 aromatic heterocycles. The van der Waals surface area contributed by atoms with Crippen molar-refractivity contribution < 1.29 is 83.1 Å². The standard InChI is InChI=1S/C54H81N11O17/c1-32(24-43(67)63-40(54(81)82)17-9-11-23-56)58-51(78)39(19-21-48(73)74)62-44(68)28-36(18-20-47(71)72)60-52(79)41(26-34-14-6-3-7-15-34)64-45(69)27-35(16-8-10-22-55)59-53(80)42(31-66)65-46(70)29-37(25-33-12-4-2-5-13-33)61-50(77)38(57)30-49(75)76/h2-7,12-15,32,35-42,66H,8-11,16-31,55-57H2,1H3,(H,58,78)(H,59,80)(H,60,79)(H,61,77)(H,62,68)(H,63,67)(H,64,69)(H,65,70)(H,71,72)(H,73,74)(H,75,76)(H,81,82)/t32-,35-,36-,37-,38-,39-,40-,41-,42-/m0/s1. The molecule has 19 N–H and O–H groups in total. The maximum absolute atomic E-state index is 14.2. The number of hydrogen-bond acceptors (Lipinski definition) is 16. The molecule has 2 rings (SSSR count). The summed E-state index contributed by atoms with van der Waals surface area (Å²) < 4.78 is 0. The Morgan fingerprint density at radius 1 is 0.427 bits per heavy atom. The number of carboxylic acid groups (broad SMARTS) is 4. The van der Waals surface area contributed by atoms with E-state index in [-0.39, 0.29) is 45.1 Å². The second-order valence-electron chi connectivity index (χ2n) is 19.9. The number of amides is 8. The van der Waals surface area contributed by atoms with E-state index < -0.39 is 177 Å². The van der Waals surface area contributed by atoms with Gasteiger partial charge >= 0.3 is 23.9 Å². The minimum Gasteiger partial charge on any atom is -0.481 e. The fourth-order valence-electron chi connectivity index (χ4n) is 8.45. The Bertz CT molecular complexity index is 2420. The van der Waals surface area contributed by atoms with Gasteiger partial charge in [0.25, 0.3) is 0 Å². The zero-order chi connectivity index (χ0) is 61.1. The van der Waals surface area contributed by atoms with Crippen molar-refractivity contribution in [2.45, 2.75) is 170 Å². The lowest BCUT2D eigenvalue weighted by Gasteiger charge is -2.26. The number of rotatable bonds is 42. The molecule has 0 aliphatic heterocycles. The van der Waals surface area contributed by atoms with Crippen LogP contribution in [0, 0.1) is 0 Å². The van der Waals surface area contributed by atoms with E-state index in [4.69, 9.17) is 22.3 Å². The third-order valence-corrected chi connectivity index (χ3v) is 12.6. The van der Waals surface area contributed by atoms with E-state index in [0.29, 0.717) is 43.4 Å². The molecule has 454 valence electrons. The fourth-order valence-corrected chi connectivity index (χ4v) is 8.45. The van der Waals surface area contributed by atoms with Crippen LogP contribution < -0.4 is 59.7 Å². The second-order valence-corrected chi connectivity index (χ2v) is 19.9. The summed E-state index contributed by atoms with van der Waals surface area (Å²) in [6.07, 6.45) is -2.41. The SMILES string of the molecule is C[C@@H](CC(=O)N[C@@H](CCCCN)C(=O)O)NC(=O)[C@H](CCC(=O)O)NC(=O)C[C@H](CCC(=O)O)NC(=O)[C@H](Cc1ccccc1)NC(=O)C[C@H](CCCCN)NC(=O)[C@H](CO)NC(=O)C[C@H](Cc1ccccc1)NC(=O)[C@@H](N)CC(=O)O. The van der Waals surface area contributed by atoms with E-state index in [1.54, 1.807) is 60.7 Å². The molecule has 0 saturated carbocycles. The van der Waals surface area contributed by atoms with Crippen molar-refractivity contribution in [2.75, 3.05) is 19.7 Å². The third-order valence-electron chi connectivity index (χ3n) is 12.6. The number of nitrogens with two attached hydrogens (primary N) is 3. The molecule has 28 nitrogen and oxygen atoms in total. The van der Waals surface area contributed by atoms with Gasteiger partial charge in [0.15, 0.2) is 0 Å². The van der Waals surface area contributed by atoms with Crippen LogP contribution in [0.2, 0.25) is 0 Å². The molecule has 82 heavy (non-hydrogen) atoms. The molecule has 0 unspecified atom stereocenters. The average Bonchev–Trinajstić information content (AvgIpc) is 3.42. The first-order chi connectivity index (χ1) is 38.9. The van der Waals surface area contributed by atoms with Crippen LogP contribution in [0.15, 0.2) is 60.7 Å². The summed E-state index contributed by atoms with van der Waals surface area (Å²) >= 11 is 0. The lowest BCUT2D eigenvalue weighted by Crippen LogP contribution is -2.55. The number of aliphatic hydroxyl groups is 1. The number of carboxylic acids is 4. The minimum atomic E-state index is -1.56. The van der Waals surface area contributed by atoms with E-state index in [0.717, 1.165) is 0 Å². The monoisotopic (exact) mass is 1160 g/mol. The largest absolute Gasteiger partial charge is 0.481 e. The molecule has 28 heteroatoms. The summed E-state index contributed by atoms with van der Waals surface area (Å²) in [5.41, 5.74) is 18.2. The number of hydrogen-bond donors (Lipinski definition) is 16. The van der Waals surface area contributed by atoms with Gasteiger partial charge in [-0.25, -0.2) is 4.79 Å². The van der Waals surface area contributed by atoms with Crippen molar-refractivity contribution >= 4 is 71.1 Å². The highest BCUT2D eigenvalue weighted by molar-refractivity contribution is 5.92. The van der Waals surface area contributed by atoms with Gasteiger partial charge < -0.3 is 85.3 Å². The zero-order valence-electron chi connectivity index (χ0n) is 46.0. The maximum Gasteiger partial charge on any atom is 0.326 e. The molecule has 8 amide bonds. The first kappa shape index (κ1) is 70.0. The predicted molar refractivity (Wildman–Crippen MR) is 294 cm³/mol. The van der Waals surface area contributed by atoms with Crippen molar-refractivity contribution in [1.29, 1.82) is 0 Å². The highest BCUT2D eigenvalue weighted by Gasteiger charge is 2.31. The van der Waals surface area contributed by atoms with Crippen LogP contribution in [0.3, 0.4) is 0 Å². The molecule has 0 bridgehead atoms. The van der Waals surface area contributed by atoms with Gasteiger partial charge in [0.2, 0.25) is 47.3 Å². The summed E-state index contributed by atoms with van der Waals surface area (Å²) in [6, 6.07) is 5.91. The normalized spacial score (nSPS) is 14.3. The number of benzene rings is 2. The first-order valence-corrected chi connectivity index (χ1v) is 27.0. The van der Waals surface area contributed by atoms with Crippen LogP contribution in [-0.2, 0) is 70.4 Å². The highest BCUT2D eigenvalue weighted by Crippen LogP contribution is 2.13. The zero-order valence-corrected chi connectivity index (χ0v) is 46.0.